The molecule has 2 aliphatic rings. The van der Waals surface area contributed by atoms with Gasteiger partial charge in [-0.25, -0.2) is 0 Å². The molecular formula is C19H21N. The second-order valence-electron chi connectivity index (χ2n) is 6.38. The molecule has 1 heteroatoms. The van der Waals surface area contributed by atoms with E-state index in [9.17, 15) is 0 Å². The lowest BCUT2D eigenvalue weighted by molar-refractivity contribution is 0.274. The van der Waals surface area contributed by atoms with E-state index in [1.807, 2.05) is 0 Å². The molecule has 0 bridgehead atoms. The minimum atomic E-state index is 0.314. The van der Waals surface area contributed by atoms with Crippen LogP contribution in [-0.2, 0) is 24.7 Å². The summed E-state index contributed by atoms with van der Waals surface area (Å²) in [6, 6.07) is 18.2. The molecule has 0 saturated carbocycles. The Balaban J connectivity index is 1.64. The average Bonchev–Trinajstić information content (AvgIpc) is 2.91. The molecule has 1 nitrogen and oxygen atoms in total. The van der Waals surface area contributed by atoms with Gasteiger partial charge < -0.3 is 5.32 Å². The van der Waals surface area contributed by atoms with Crippen molar-refractivity contribution in [3.63, 3.8) is 0 Å². The fraction of sp³-hybridized carbons (Fsp3) is 0.368. The number of fused-ring (bicyclic) bond motifs is 1. The Labute approximate surface area is 121 Å². The number of hydrogen-bond donors (Lipinski definition) is 1. The van der Waals surface area contributed by atoms with Gasteiger partial charge in [-0.3, -0.25) is 0 Å². The largest absolute Gasteiger partial charge is 0.315 e. The van der Waals surface area contributed by atoms with Crippen LogP contribution in [0.3, 0.4) is 0 Å². The lowest BCUT2D eigenvalue weighted by atomic mass is 9.71. The third-order valence-electron chi connectivity index (χ3n) is 5.02. The molecule has 1 saturated heterocycles. The van der Waals surface area contributed by atoms with Crippen molar-refractivity contribution >= 4 is 0 Å². The molecule has 0 aromatic heterocycles. The van der Waals surface area contributed by atoms with Crippen LogP contribution < -0.4 is 5.32 Å². The van der Waals surface area contributed by atoms with Crippen LogP contribution in [0.15, 0.2) is 48.5 Å². The first-order chi connectivity index (χ1) is 9.86. The molecule has 2 aromatic carbocycles. The molecule has 0 spiro atoms. The van der Waals surface area contributed by atoms with Crippen molar-refractivity contribution in [3.8, 4) is 0 Å². The van der Waals surface area contributed by atoms with Crippen molar-refractivity contribution in [1.82, 2.24) is 5.32 Å². The van der Waals surface area contributed by atoms with Crippen LogP contribution >= 0.6 is 0 Å². The Morgan fingerprint density at radius 3 is 2.45 bits per heavy atom. The Hall–Kier alpha value is -1.60. The van der Waals surface area contributed by atoms with E-state index in [-0.39, 0.29) is 0 Å². The third-order valence-corrected chi connectivity index (χ3v) is 5.02. The van der Waals surface area contributed by atoms with Gasteiger partial charge in [0.2, 0.25) is 0 Å². The second kappa shape index (κ2) is 4.75. The first-order valence-electron chi connectivity index (χ1n) is 7.73. The first-order valence-corrected chi connectivity index (χ1v) is 7.73. The monoisotopic (exact) mass is 263 g/mol. The van der Waals surface area contributed by atoms with Gasteiger partial charge in [0.1, 0.15) is 0 Å². The highest BCUT2D eigenvalue weighted by Gasteiger charge is 2.38. The lowest BCUT2D eigenvalue weighted by Gasteiger charge is -2.43. The van der Waals surface area contributed by atoms with Gasteiger partial charge in [-0.05, 0) is 47.9 Å². The van der Waals surface area contributed by atoms with Crippen molar-refractivity contribution in [2.24, 2.45) is 0 Å². The maximum Gasteiger partial charge on any atom is 0.0242 e. The molecule has 1 aliphatic carbocycles. The van der Waals surface area contributed by atoms with E-state index in [4.69, 9.17) is 0 Å². The van der Waals surface area contributed by atoms with Crippen molar-refractivity contribution in [1.29, 1.82) is 0 Å². The van der Waals surface area contributed by atoms with Gasteiger partial charge in [0.15, 0.2) is 0 Å². The number of rotatable bonds is 3. The molecule has 2 aromatic rings. The van der Waals surface area contributed by atoms with E-state index < -0.39 is 0 Å². The van der Waals surface area contributed by atoms with Gasteiger partial charge in [-0.15, -0.1) is 0 Å². The summed E-state index contributed by atoms with van der Waals surface area (Å²) in [7, 11) is 0. The molecule has 4 rings (SSSR count). The number of hydrogen-bond acceptors (Lipinski definition) is 1. The fourth-order valence-corrected chi connectivity index (χ4v) is 3.78. The predicted molar refractivity (Wildman–Crippen MR) is 83.2 cm³/mol. The van der Waals surface area contributed by atoms with Crippen LogP contribution in [0.4, 0.5) is 0 Å². The van der Waals surface area contributed by atoms with Crippen LogP contribution in [0, 0.1) is 0 Å². The second-order valence-corrected chi connectivity index (χ2v) is 6.38. The summed E-state index contributed by atoms with van der Waals surface area (Å²) in [4.78, 5) is 0. The van der Waals surface area contributed by atoms with Gasteiger partial charge in [0.25, 0.3) is 0 Å². The molecule has 0 unspecified atom stereocenters. The van der Waals surface area contributed by atoms with Gasteiger partial charge in [0.05, 0.1) is 0 Å². The maximum atomic E-state index is 3.47. The zero-order valence-electron chi connectivity index (χ0n) is 11.9. The molecule has 1 aliphatic heterocycles. The molecule has 102 valence electrons. The van der Waals surface area contributed by atoms with Gasteiger partial charge >= 0.3 is 0 Å². The third kappa shape index (κ3) is 1.97. The average molecular weight is 263 g/mol. The predicted octanol–water partition coefficient (Wildman–Crippen LogP) is 3.26. The minimum absolute atomic E-state index is 0.314. The molecule has 1 heterocycles. The topological polar surface area (TPSA) is 12.0 Å². The van der Waals surface area contributed by atoms with E-state index in [0.29, 0.717) is 5.41 Å². The van der Waals surface area contributed by atoms with Crippen molar-refractivity contribution in [3.05, 3.63) is 70.8 Å². The van der Waals surface area contributed by atoms with Crippen LogP contribution in [0.2, 0.25) is 0 Å². The highest BCUT2D eigenvalue weighted by atomic mass is 15.0. The summed E-state index contributed by atoms with van der Waals surface area (Å²) >= 11 is 0. The van der Waals surface area contributed by atoms with Crippen LogP contribution in [0.25, 0.3) is 0 Å². The van der Waals surface area contributed by atoms with Crippen molar-refractivity contribution in [2.45, 2.75) is 31.1 Å². The Morgan fingerprint density at radius 1 is 0.900 bits per heavy atom. The summed E-state index contributed by atoms with van der Waals surface area (Å²) in [5.41, 5.74) is 6.48. The van der Waals surface area contributed by atoms with E-state index in [1.165, 1.54) is 30.4 Å². The van der Waals surface area contributed by atoms with Gasteiger partial charge in [-0.1, -0.05) is 48.5 Å². The standard InChI is InChI=1S/C19H21N/c1-2-7-18(8-3-1)19(13-20-14-19)12-15-9-10-16-5-4-6-17(16)11-15/h1-3,7-11,20H,4-6,12-14H2. The molecule has 0 radical (unpaired) electrons. The lowest BCUT2D eigenvalue weighted by Crippen LogP contribution is -2.58. The zero-order valence-corrected chi connectivity index (χ0v) is 11.9. The smallest absolute Gasteiger partial charge is 0.0242 e. The number of nitrogens with one attached hydrogen (secondary N) is 1. The molecule has 0 atom stereocenters. The molecule has 0 amide bonds. The van der Waals surface area contributed by atoms with Crippen molar-refractivity contribution < 1.29 is 0 Å². The summed E-state index contributed by atoms with van der Waals surface area (Å²) in [5.74, 6) is 0. The van der Waals surface area contributed by atoms with Crippen LogP contribution in [0.5, 0.6) is 0 Å². The van der Waals surface area contributed by atoms with Crippen LogP contribution in [-0.4, -0.2) is 13.1 Å². The Bertz CT molecular complexity index is 611. The molecular weight excluding hydrogens is 242 g/mol. The highest BCUT2D eigenvalue weighted by molar-refractivity contribution is 5.39. The van der Waals surface area contributed by atoms with Gasteiger partial charge in [0, 0.05) is 18.5 Å². The molecule has 20 heavy (non-hydrogen) atoms. The number of aryl methyl sites for hydroxylation is 2. The van der Waals surface area contributed by atoms with Gasteiger partial charge in [-0.2, -0.15) is 0 Å². The minimum Gasteiger partial charge on any atom is -0.315 e. The first kappa shape index (κ1) is 12.2. The van der Waals surface area contributed by atoms with E-state index in [0.717, 1.165) is 19.5 Å². The summed E-state index contributed by atoms with van der Waals surface area (Å²) in [6.07, 6.45) is 5.06. The maximum absolute atomic E-state index is 3.47. The molecule has 1 fully saturated rings. The molecule has 1 N–H and O–H groups in total. The Morgan fingerprint density at radius 2 is 1.70 bits per heavy atom. The zero-order chi connectivity index (χ0) is 13.4. The van der Waals surface area contributed by atoms with Crippen LogP contribution in [0.1, 0.15) is 28.7 Å². The summed E-state index contributed by atoms with van der Waals surface area (Å²) < 4.78 is 0. The van der Waals surface area contributed by atoms with E-state index >= 15 is 0 Å². The summed E-state index contributed by atoms with van der Waals surface area (Å²) in [6.45, 7) is 2.21. The fourth-order valence-electron chi connectivity index (χ4n) is 3.78. The quantitative estimate of drug-likeness (QED) is 0.896. The van der Waals surface area contributed by atoms with Crippen molar-refractivity contribution in [2.75, 3.05) is 13.1 Å². The van der Waals surface area contributed by atoms with E-state index in [2.05, 4.69) is 53.8 Å². The SMILES string of the molecule is c1ccc(C2(Cc3ccc4c(c3)CCC4)CNC2)cc1. The normalized spacial score (nSPS) is 19.4. The Kier molecular flexibility index (Phi) is 2.89. The van der Waals surface area contributed by atoms with E-state index in [1.54, 1.807) is 11.1 Å². The summed E-state index contributed by atoms with van der Waals surface area (Å²) in [5, 5.41) is 3.47. The number of benzene rings is 2. The highest BCUT2D eigenvalue weighted by Crippen LogP contribution is 2.33.